The van der Waals surface area contributed by atoms with E-state index in [1.54, 1.807) is 38.1 Å². The molecule has 0 saturated carbocycles. The highest BCUT2D eigenvalue weighted by Crippen LogP contribution is 2.26. The van der Waals surface area contributed by atoms with Gasteiger partial charge in [-0.25, -0.2) is 14.5 Å². The average Bonchev–Trinajstić information content (AvgIpc) is 2.75. The Morgan fingerprint density at radius 3 is 2.60 bits per heavy atom. The normalized spacial score (nSPS) is 19.7. The maximum absolute atomic E-state index is 12.1. The molecule has 1 saturated heterocycles. The Kier molecular flexibility index (Phi) is 4.02. The predicted molar refractivity (Wildman–Crippen MR) is 68.6 cm³/mol. The molecular formula is C14H15NO5. The van der Waals surface area contributed by atoms with Gasteiger partial charge in [0.2, 0.25) is 0 Å². The SMILES string of the molecule is CCOC(=O)C1OC(=O)N(C(C)c2ccccc2)C1=O. The van der Waals surface area contributed by atoms with Crippen LogP contribution in [0.4, 0.5) is 4.79 Å². The second-order valence-electron chi connectivity index (χ2n) is 4.31. The molecule has 0 aromatic heterocycles. The molecule has 1 aliphatic rings. The molecule has 0 aliphatic carbocycles. The first kappa shape index (κ1) is 14.0. The molecule has 0 spiro atoms. The summed E-state index contributed by atoms with van der Waals surface area (Å²) in [5.41, 5.74) is 0.780. The molecule has 106 valence electrons. The lowest BCUT2D eigenvalue weighted by Gasteiger charge is -2.20. The summed E-state index contributed by atoms with van der Waals surface area (Å²) in [7, 11) is 0. The van der Waals surface area contributed by atoms with Crippen molar-refractivity contribution >= 4 is 18.0 Å². The number of rotatable bonds is 4. The van der Waals surface area contributed by atoms with E-state index in [4.69, 9.17) is 9.47 Å². The van der Waals surface area contributed by atoms with Crippen LogP contribution in [-0.4, -0.2) is 35.6 Å². The average molecular weight is 277 g/mol. The van der Waals surface area contributed by atoms with E-state index in [0.717, 1.165) is 10.5 Å². The molecule has 1 aromatic rings. The molecule has 6 heteroatoms. The summed E-state index contributed by atoms with van der Waals surface area (Å²) in [6, 6.07) is 8.53. The van der Waals surface area contributed by atoms with Crippen LogP contribution in [0.5, 0.6) is 0 Å². The molecule has 2 atom stereocenters. The van der Waals surface area contributed by atoms with E-state index in [9.17, 15) is 14.4 Å². The number of benzene rings is 1. The number of carbonyl (C=O) groups excluding carboxylic acids is 3. The maximum Gasteiger partial charge on any atom is 0.418 e. The van der Waals surface area contributed by atoms with Crippen molar-refractivity contribution in [3.63, 3.8) is 0 Å². The summed E-state index contributed by atoms with van der Waals surface area (Å²) < 4.78 is 9.52. The van der Waals surface area contributed by atoms with Crippen molar-refractivity contribution in [1.82, 2.24) is 4.90 Å². The first-order chi connectivity index (χ1) is 9.56. The summed E-state index contributed by atoms with van der Waals surface area (Å²) in [4.78, 5) is 36.4. The number of hydrogen-bond acceptors (Lipinski definition) is 5. The van der Waals surface area contributed by atoms with Crippen LogP contribution in [0.15, 0.2) is 30.3 Å². The van der Waals surface area contributed by atoms with Gasteiger partial charge in [-0.15, -0.1) is 0 Å². The van der Waals surface area contributed by atoms with Gasteiger partial charge in [-0.1, -0.05) is 30.3 Å². The molecule has 2 rings (SSSR count). The maximum atomic E-state index is 12.1. The fourth-order valence-corrected chi connectivity index (χ4v) is 2.02. The number of hydrogen-bond donors (Lipinski definition) is 0. The topological polar surface area (TPSA) is 72.9 Å². The second kappa shape index (κ2) is 5.73. The molecule has 0 radical (unpaired) electrons. The number of esters is 1. The van der Waals surface area contributed by atoms with Gasteiger partial charge in [-0.2, -0.15) is 0 Å². The molecule has 6 nitrogen and oxygen atoms in total. The zero-order valence-corrected chi connectivity index (χ0v) is 11.2. The van der Waals surface area contributed by atoms with Crippen LogP contribution in [-0.2, 0) is 19.1 Å². The van der Waals surface area contributed by atoms with Crippen molar-refractivity contribution in [2.45, 2.75) is 26.0 Å². The number of nitrogens with zero attached hydrogens (tertiary/aromatic N) is 1. The minimum atomic E-state index is -1.49. The first-order valence-corrected chi connectivity index (χ1v) is 6.31. The van der Waals surface area contributed by atoms with Crippen molar-refractivity contribution in [2.75, 3.05) is 6.61 Å². The minimum absolute atomic E-state index is 0.119. The molecule has 1 heterocycles. The molecule has 20 heavy (non-hydrogen) atoms. The van der Waals surface area contributed by atoms with E-state index < -0.39 is 30.1 Å². The van der Waals surface area contributed by atoms with Gasteiger partial charge in [0.1, 0.15) is 0 Å². The van der Waals surface area contributed by atoms with Gasteiger partial charge in [0, 0.05) is 0 Å². The third-order valence-corrected chi connectivity index (χ3v) is 3.05. The third-order valence-electron chi connectivity index (χ3n) is 3.05. The molecule has 1 fully saturated rings. The molecule has 0 N–H and O–H groups in total. The number of imide groups is 1. The van der Waals surface area contributed by atoms with Crippen molar-refractivity contribution in [1.29, 1.82) is 0 Å². The Morgan fingerprint density at radius 1 is 1.35 bits per heavy atom. The van der Waals surface area contributed by atoms with E-state index in [2.05, 4.69) is 0 Å². The number of carbonyl (C=O) groups is 3. The highest BCUT2D eigenvalue weighted by Gasteiger charge is 2.48. The lowest BCUT2D eigenvalue weighted by molar-refractivity contribution is -0.155. The highest BCUT2D eigenvalue weighted by molar-refractivity contribution is 6.11. The van der Waals surface area contributed by atoms with E-state index in [1.807, 2.05) is 6.07 Å². The third kappa shape index (κ3) is 2.49. The van der Waals surface area contributed by atoms with Gasteiger partial charge in [-0.05, 0) is 19.4 Å². The summed E-state index contributed by atoms with van der Waals surface area (Å²) in [5.74, 6) is -1.53. The Balaban J connectivity index is 2.19. The lowest BCUT2D eigenvalue weighted by atomic mass is 10.1. The molecule has 1 aromatic carbocycles. The number of ether oxygens (including phenoxy) is 2. The fraction of sp³-hybridized carbons (Fsp3) is 0.357. The minimum Gasteiger partial charge on any atom is -0.463 e. The first-order valence-electron chi connectivity index (χ1n) is 6.31. The van der Waals surface area contributed by atoms with Crippen molar-refractivity contribution in [3.05, 3.63) is 35.9 Å². The van der Waals surface area contributed by atoms with Gasteiger partial charge in [0.05, 0.1) is 12.6 Å². The van der Waals surface area contributed by atoms with Crippen molar-refractivity contribution in [3.8, 4) is 0 Å². The van der Waals surface area contributed by atoms with E-state index in [-0.39, 0.29) is 6.61 Å². The van der Waals surface area contributed by atoms with E-state index in [1.165, 1.54) is 0 Å². The smallest absolute Gasteiger partial charge is 0.418 e. The Labute approximate surface area is 116 Å². The van der Waals surface area contributed by atoms with Crippen molar-refractivity contribution < 1.29 is 23.9 Å². The summed E-state index contributed by atoms with van der Waals surface area (Å²) in [5, 5.41) is 0. The summed E-state index contributed by atoms with van der Waals surface area (Å²) >= 11 is 0. The van der Waals surface area contributed by atoms with Crippen LogP contribution in [0.1, 0.15) is 25.5 Å². The fourth-order valence-electron chi connectivity index (χ4n) is 2.02. The number of amides is 2. The van der Waals surface area contributed by atoms with E-state index >= 15 is 0 Å². The largest absolute Gasteiger partial charge is 0.463 e. The molecular weight excluding hydrogens is 262 g/mol. The van der Waals surface area contributed by atoms with Gasteiger partial charge >= 0.3 is 12.1 Å². The van der Waals surface area contributed by atoms with Crippen LogP contribution in [0, 0.1) is 0 Å². The zero-order valence-electron chi connectivity index (χ0n) is 11.2. The van der Waals surface area contributed by atoms with Crippen LogP contribution in [0.3, 0.4) is 0 Å². The van der Waals surface area contributed by atoms with Gasteiger partial charge < -0.3 is 9.47 Å². The standard InChI is InChI=1S/C14H15NO5/c1-3-19-13(17)11-12(16)15(14(18)20-11)9(2)10-7-5-4-6-8-10/h4-9,11H,3H2,1-2H3. The molecule has 1 aliphatic heterocycles. The van der Waals surface area contributed by atoms with Gasteiger partial charge in [0.15, 0.2) is 0 Å². The molecule has 2 unspecified atom stereocenters. The quantitative estimate of drug-likeness (QED) is 0.618. The van der Waals surface area contributed by atoms with Crippen LogP contribution in [0.2, 0.25) is 0 Å². The van der Waals surface area contributed by atoms with Crippen LogP contribution < -0.4 is 0 Å². The van der Waals surface area contributed by atoms with Crippen LogP contribution in [0.25, 0.3) is 0 Å². The Bertz CT molecular complexity index is 528. The Hall–Kier alpha value is -2.37. The lowest BCUT2D eigenvalue weighted by Crippen LogP contribution is -2.37. The highest BCUT2D eigenvalue weighted by atomic mass is 16.6. The second-order valence-corrected chi connectivity index (χ2v) is 4.31. The molecule has 0 bridgehead atoms. The van der Waals surface area contributed by atoms with Gasteiger partial charge in [-0.3, -0.25) is 4.79 Å². The molecule has 2 amide bonds. The van der Waals surface area contributed by atoms with Crippen molar-refractivity contribution in [2.24, 2.45) is 0 Å². The van der Waals surface area contributed by atoms with Crippen LogP contribution >= 0.6 is 0 Å². The summed E-state index contributed by atoms with van der Waals surface area (Å²) in [6.07, 6.45) is -2.32. The summed E-state index contributed by atoms with van der Waals surface area (Å²) in [6.45, 7) is 3.43. The predicted octanol–water partition coefficient (Wildman–Crippen LogP) is 1.66. The monoisotopic (exact) mass is 277 g/mol. The zero-order chi connectivity index (χ0) is 14.7. The Morgan fingerprint density at radius 2 is 2.00 bits per heavy atom. The number of cyclic esters (lactones) is 1. The van der Waals surface area contributed by atoms with Gasteiger partial charge in [0.25, 0.3) is 12.0 Å². The van der Waals surface area contributed by atoms with E-state index in [0.29, 0.717) is 0 Å².